The molecule has 1 aromatic heterocycles. The van der Waals surface area contributed by atoms with Crippen LogP contribution in [0.5, 0.6) is 0 Å². The Kier molecular flexibility index (Phi) is 5.19. The zero-order chi connectivity index (χ0) is 16.9. The Balaban J connectivity index is 1.68. The van der Waals surface area contributed by atoms with Gasteiger partial charge in [0.05, 0.1) is 23.7 Å². The summed E-state index contributed by atoms with van der Waals surface area (Å²) in [6.07, 6.45) is 7.91. The molecule has 1 aliphatic rings. The molecule has 4 nitrogen and oxygen atoms in total. The van der Waals surface area contributed by atoms with E-state index in [9.17, 15) is 0 Å². The third-order valence-electron chi connectivity index (χ3n) is 4.23. The van der Waals surface area contributed by atoms with Gasteiger partial charge in [0.2, 0.25) is 0 Å². The molecule has 0 atom stereocenters. The lowest BCUT2D eigenvalue weighted by molar-refractivity contribution is 0.331. The van der Waals surface area contributed by atoms with E-state index in [0.29, 0.717) is 5.56 Å². The Labute approximate surface area is 147 Å². The van der Waals surface area contributed by atoms with E-state index in [1.54, 1.807) is 0 Å². The fraction of sp³-hybridized carbons (Fsp3) is 0.263. The van der Waals surface area contributed by atoms with Gasteiger partial charge in [0, 0.05) is 37.3 Å². The first kappa shape index (κ1) is 16.6. The van der Waals surface area contributed by atoms with Gasteiger partial charge in [-0.2, -0.15) is 5.26 Å². The van der Waals surface area contributed by atoms with Gasteiger partial charge in [0.15, 0.2) is 0 Å². The molecule has 122 valence electrons. The molecule has 24 heavy (non-hydrogen) atoms. The molecule has 0 saturated heterocycles. The molecule has 0 radical (unpaired) electrons. The summed E-state index contributed by atoms with van der Waals surface area (Å²) in [6, 6.07) is 9.87. The molecule has 0 N–H and O–H groups in total. The van der Waals surface area contributed by atoms with Gasteiger partial charge in [-0.25, -0.2) is 4.98 Å². The second kappa shape index (κ2) is 7.52. The molecule has 3 rings (SSSR count). The van der Waals surface area contributed by atoms with Crippen LogP contribution in [-0.2, 0) is 13.1 Å². The van der Waals surface area contributed by atoms with Crippen LogP contribution in [0.2, 0.25) is 0 Å². The largest absolute Gasteiger partial charge is 0.329 e. The summed E-state index contributed by atoms with van der Waals surface area (Å²) in [5.74, 6) is 0. The molecule has 0 spiro atoms. The molecular formula is C19H20N4S. The van der Waals surface area contributed by atoms with E-state index in [2.05, 4.69) is 33.4 Å². The summed E-state index contributed by atoms with van der Waals surface area (Å²) in [6.45, 7) is 7.49. The van der Waals surface area contributed by atoms with Crippen LogP contribution in [-0.4, -0.2) is 33.8 Å². The van der Waals surface area contributed by atoms with Crippen LogP contribution >= 0.6 is 11.8 Å². The van der Waals surface area contributed by atoms with Crippen LogP contribution in [0.3, 0.4) is 0 Å². The van der Waals surface area contributed by atoms with E-state index in [-0.39, 0.29) is 0 Å². The highest BCUT2D eigenvalue weighted by Crippen LogP contribution is 2.27. The molecule has 1 aliphatic heterocycles. The number of nitrogens with zero attached hydrogens (tertiary/aromatic N) is 4. The minimum Gasteiger partial charge on any atom is -0.329 e. The molecule has 0 aliphatic carbocycles. The van der Waals surface area contributed by atoms with Gasteiger partial charge >= 0.3 is 0 Å². The first-order valence-electron chi connectivity index (χ1n) is 7.82. The molecule has 2 aromatic rings. The SMILES string of the molecule is C=CC1=C(SC)CN(Cc2cncn2Cc2ccc(C#N)cc2)C1. The Morgan fingerprint density at radius 3 is 2.71 bits per heavy atom. The third-order valence-corrected chi connectivity index (χ3v) is 5.12. The number of thioether (sulfide) groups is 1. The second-order valence-electron chi connectivity index (χ2n) is 5.82. The Morgan fingerprint density at radius 1 is 1.29 bits per heavy atom. The topological polar surface area (TPSA) is 44.9 Å². The normalized spacial score (nSPS) is 14.8. The highest BCUT2D eigenvalue weighted by molar-refractivity contribution is 8.02. The van der Waals surface area contributed by atoms with Crippen LogP contribution in [0.15, 0.2) is 59.9 Å². The lowest BCUT2D eigenvalue weighted by Gasteiger charge is -2.17. The molecule has 5 heteroatoms. The molecule has 0 unspecified atom stereocenters. The Bertz CT molecular complexity index is 796. The maximum absolute atomic E-state index is 8.89. The predicted molar refractivity (Wildman–Crippen MR) is 98.5 cm³/mol. The maximum Gasteiger partial charge on any atom is 0.0991 e. The van der Waals surface area contributed by atoms with Crippen LogP contribution in [0, 0.1) is 11.3 Å². The number of aromatic nitrogens is 2. The lowest BCUT2D eigenvalue weighted by Crippen LogP contribution is -2.22. The van der Waals surface area contributed by atoms with Gasteiger partial charge < -0.3 is 4.57 Å². The van der Waals surface area contributed by atoms with Crippen molar-refractivity contribution in [3.63, 3.8) is 0 Å². The van der Waals surface area contributed by atoms with E-state index in [1.165, 1.54) is 21.7 Å². The van der Waals surface area contributed by atoms with Gasteiger partial charge in [-0.1, -0.05) is 24.8 Å². The first-order chi connectivity index (χ1) is 11.7. The van der Waals surface area contributed by atoms with Crippen LogP contribution in [0.4, 0.5) is 0 Å². The zero-order valence-corrected chi connectivity index (χ0v) is 14.6. The van der Waals surface area contributed by atoms with Crippen molar-refractivity contribution in [2.75, 3.05) is 19.3 Å². The minimum absolute atomic E-state index is 0.689. The maximum atomic E-state index is 8.89. The summed E-state index contributed by atoms with van der Waals surface area (Å²) in [4.78, 5) is 8.13. The lowest BCUT2D eigenvalue weighted by atomic mass is 10.1. The molecule has 0 amide bonds. The number of hydrogen-bond acceptors (Lipinski definition) is 4. The molecular weight excluding hydrogens is 316 g/mol. The summed E-state index contributed by atoms with van der Waals surface area (Å²) < 4.78 is 2.17. The monoisotopic (exact) mass is 336 g/mol. The van der Waals surface area contributed by atoms with Gasteiger partial charge in [0.1, 0.15) is 0 Å². The van der Waals surface area contributed by atoms with Crippen molar-refractivity contribution in [1.82, 2.24) is 14.5 Å². The van der Waals surface area contributed by atoms with Crippen molar-refractivity contribution >= 4 is 11.8 Å². The number of benzene rings is 1. The molecule has 0 fully saturated rings. The second-order valence-corrected chi connectivity index (χ2v) is 6.72. The Hall–Kier alpha value is -2.29. The Morgan fingerprint density at radius 2 is 2.08 bits per heavy atom. The number of rotatable bonds is 6. The minimum atomic E-state index is 0.689. The third kappa shape index (κ3) is 3.61. The molecule has 0 saturated carbocycles. The van der Waals surface area contributed by atoms with E-state index in [4.69, 9.17) is 5.26 Å². The quantitative estimate of drug-likeness (QED) is 0.811. The van der Waals surface area contributed by atoms with Gasteiger partial charge in [0.25, 0.3) is 0 Å². The highest BCUT2D eigenvalue weighted by Gasteiger charge is 2.20. The average Bonchev–Trinajstić information content (AvgIpc) is 3.22. The first-order valence-corrected chi connectivity index (χ1v) is 9.05. The van der Waals surface area contributed by atoms with Crippen LogP contribution in [0.1, 0.15) is 16.8 Å². The van der Waals surface area contributed by atoms with Crippen molar-refractivity contribution in [3.05, 3.63) is 76.7 Å². The summed E-state index contributed by atoms with van der Waals surface area (Å²) in [7, 11) is 0. The van der Waals surface area contributed by atoms with Crippen LogP contribution in [0.25, 0.3) is 0 Å². The van der Waals surface area contributed by atoms with Gasteiger partial charge in [-0.15, -0.1) is 11.8 Å². The van der Waals surface area contributed by atoms with E-state index >= 15 is 0 Å². The van der Waals surface area contributed by atoms with Gasteiger partial charge in [-0.05, 0) is 29.5 Å². The highest BCUT2D eigenvalue weighted by atomic mass is 32.2. The zero-order valence-electron chi connectivity index (χ0n) is 13.8. The van der Waals surface area contributed by atoms with Crippen molar-refractivity contribution in [2.45, 2.75) is 13.1 Å². The fourth-order valence-corrected chi connectivity index (χ4v) is 3.63. The number of nitriles is 1. The number of imidazole rings is 1. The summed E-state index contributed by atoms with van der Waals surface area (Å²) in [5.41, 5.74) is 4.39. The van der Waals surface area contributed by atoms with Crippen molar-refractivity contribution in [2.24, 2.45) is 0 Å². The van der Waals surface area contributed by atoms with Gasteiger partial charge in [-0.3, -0.25) is 4.90 Å². The summed E-state index contributed by atoms with van der Waals surface area (Å²) >= 11 is 1.81. The van der Waals surface area contributed by atoms with Crippen molar-refractivity contribution in [1.29, 1.82) is 5.26 Å². The molecule has 0 bridgehead atoms. The summed E-state index contributed by atoms with van der Waals surface area (Å²) in [5, 5.41) is 8.89. The fourth-order valence-electron chi connectivity index (χ4n) is 2.91. The number of hydrogen-bond donors (Lipinski definition) is 0. The van der Waals surface area contributed by atoms with Crippen molar-refractivity contribution in [3.8, 4) is 6.07 Å². The van der Waals surface area contributed by atoms with E-state index in [1.807, 2.05) is 54.6 Å². The standard InChI is InChI=1S/C19H20N4S/c1-3-17-11-22(13-19(17)24-2)12-18-9-21-14-23(18)10-16-6-4-15(8-20)5-7-16/h3-7,9,14H,1,10-13H2,2H3. The molecule has 2 heterocycles. The average molecular weight is 336 g/mol. The molecule has 1 aromatic carbocycles. The smallest absolute Gasteiger partial charge is 0.0991 e. The van der Waals surface area contributed by atoms with E-state index in [0.717, 1.165) is 26.2 Å². The predicted octanol–water partition coefficient (Wildman–Crippen LogP) is 3.42. The van der Waals surface area contributed by atoms with E-state index < -0.39 is 0 Å². The van der Waals surface area contributed by atoms with Crippen molar-refractivity contribution < 1.29 is 0 Å². The van der Waals surface area contributed by atoms with Crippen LogP contribution < -0.4 is 0 Å².